The van der Waals surface area contributed by atoms with Crippen molar-refractivity contribution in [1.82, 2.24) is 4.98 Å². The minimum atomic E-state index is 0.184. The second-order valence-electron chi connectivity index (χ2n) is 6.24. The van der Waals surface area contributed by atoms with Crippen LogP contribution in [0, 0.1) is 0 Å². The first kappa shape index (κ1) is 13.4. The van der Waals surface area contributed by atoms with Gasteiger partial charge in [0.05, 0.1) is 0 Å². The summed E-state index contributed by atoms with van der Waals surface area (Å²) in [6.45, 7) is 6.74. The molecule has 3 aromatic rings. The molecular formula is C18H18BrN. The van der Waals surface area contributed by atoms with Crippen molar-refractivity contribution < 1.29 is 0 Å². The normalized spacial score (nSPS) is 12.0. The van der Waals surface area contributed by atoms with E-state index in [0.717, 1.165) is 4.47 Å². The average Bonchev–Trinajstić information content (AvgIpc) is 2.81. The number of aromatic amines is 1. The number of benzene rings is 2. The van der Waals surface area contributed by atoms with E-state index in [1.807, 2.05) is 0 Å². The lowest BCUT2D eigenvalue weighted by Crippen LogP contribution is -2.10. The highest BCUT2D eigenvalue weighted by molar-refractivity contribution is 9.10. The molecule has 0 fully saturated rings. The van der Waals surface area contributed by atoms with Gasteiger partial charge in [-0.3, -0.25) is 0 Å². The number of rotatable bonds is 1. The van der Waals surface area contributed by atoms with E-state index in [4.69, 9.17) is 0 Å². The van der Waals surface area contributed by atoms with E-state index in [1.54, 1.807) is 0 Å². The lowest BCUT2D eigenvalue weighted by atomic mass is 9.86. The Labute approximate surface area is 128 Å². The number of fused-ring (bicyclic) bond motifs is 1. The molecule has 1 heterocycles. The SMILES string of the molecule is CC(C)(C)c1ccc2[nH]c(-c3ccc(Br)cc3)cc2c1. The molecule has 0 spiro atoms. The van der Waals surface area contributed by atoms with E-state index >= 15 is 0 Å². The zero-order chi connectivity index (χ0) is 14.3. The molecule has 2 aromatic carbocycles. The summed E-state index contributed by atoms with van der Waals surface area (Å²) in [5.41, 5.74) is 5.12. The summed E-state index contributed by atoms with van der Waals surface area (Å²) < 4.78 is 1.10. The highest BCUT2D eigenvalue weighted by Gasteiger charge is 2.14. The van der Waals surface area contributed by atoms with Gasteiger partial charge in [-0.1, -0.05) is 54.9 Å². The van der Waals surface area contributed by atoms with Gasteiger partial charge in [0.15, 0.2) is 0 Å². The minimum Gasteiger partial charge on any atom is -0.355 e. The van der Waals surface area contributed by atoms with Crippen LogP contribution in [0.1, 0.15) is 26.3 Å². The van der Waals surface area contributed by atoms with Gasteiger partial charge in [0.2, 0.25) is 0 Å². The van der Waals surface area contributed by atoms with E-state index in [0.29, 0.717) is 0 Å². The number of hydrogen-bond acceptors (Lipinski definition) is 0. The molecule has 0 bridgehead atoms. The Hall–Kier alpha value is -1.54. The molecule has 0 unspecified atom stereocenters. The van der Waals surface area contributed by atoms with Gasteiger partial charge in [-0.05, 0) is 46.9 Å². The highest BCUT2D eigenvalue weighted by Crippen LogP contribution is 2.29. The molecule has 0 aliphatic carbocycles. The molecule has 0 radical (unpaired) electrons. The number of H-pyrrole nitrogens is 1. The first-order valence-corrected chi connectivity index (χ1v) is 7.62. The zero-order valence-electron chi connectivity index (χ0n) is 12.0. The summed E-state index contributed by atoms with van der Waals surface area (Å²) in [6.07, 6.45) is 0. The van der Waals surface area contributed by atoms with E-state index in [-0.39, 0.29) is 5.41 Å². The maximum Gasteiger partial charge on any atom is 0.0464 e. The lowest BCUT2D eigenvalue weighted by molar-refractivity contribution is 0.591. The van der Waals surface area contributed by atoms with Crippen LogP contribution in [-0.4, -0.2) is 4.98 Å². The van der Waals surface area contributed by atoms with E-state index in [9.17, 15) is 0 Å². The zero-order valence-corrected chi connectivity index (χ0v) is 13.6. The largest absolute Gasteiger partial charge is 0.355 e. The van der Waals surface area contributed by atoms with Crippen LogP contribution >= 0.6 is 15.9 Å². The topological polar surface area (TPSA) is 15.8 Å². The highest BCUT2D eigenvalue weighted by atomic mass is 79.9. The standard InChI is InChI=1S/C18H18BrN/c1-18(2,3)14-6-9-16-13(10-14)11-17(20-16)12-4-7-15(19)8-5-12/h4-11,20H,1-3H3. The molecule has 1 N–H and O–H groups in total. The van der Waals surface area contributed by atoms with Crippen LogP contribution in [0.3, 0.4) is 0 Å². The molecular weight excluding hydrogens is 310 g/mol. The third kappa shape index (κ3) is 2.53. The molecule has 102 valence electrons. The Balaban J connectivity index is 2.09. The van der Waals surface area contributed by atoms with Crippen LogP contribution in [0.2, 0.25) is 0 Å². The minimum absolute atomic E-state index is 0.184. The van der Waals surface area contributed by atoms with Crippen molar-refractivity contribution in [3.05, 3.63) is 58.6 Å². The molecule has 2 heteroatoms. The van der Waals surface area contributed by atoms with Crippen molar-refractivity contribution in [3.63, 3.8) is 0 Å². The van der Waals surface area contributed by atoms with Gasteiger partial charge < -0.3 is 4.98 Å². The van der Waals surface area contributed by atoms with Crippen molar-refractivity contribution in [2.75, 3.05) is 0 Å². The Bertz CT molecular complexity index is 745. The predicted molar refractivity (Wildman–Crippen MR) is 90.1 cm³/mol. The number of hydrogen-bond donors (Lipinski definition) is 1. The number of halogens is 1. The van der Waals surface area contributed by atoms with Crippen LogP contribution in [0.4, 0.5) is 0 Å². The van der Waals surface area contributed by atoms with Gasteiger partial charge >= 0.3 is 0 Å². The second-order valence-corrected chi connectivity index (χ2v) is 7.16. The summed E-state index contributed by atoms with van der Waals surface area (Å²) in [6, 6.07) is 17.3. The summed E-state index contributed by atoms with van der Waals surface area (Å²) >= 11 is 3.47. The Morgan fingerprint density at radius 1 is 0.900 bits per heavy atom. The molecule has 0 aliphatic rings. The summed E-state index contributed by atoms with van der Waals surface area (Å²) in [5.74, 6) is 0. The lowest BCUT2D eigenvalue weighted by Gasteiger charge is -2.18. The van der Waals surface area contributed by atoms with Gasteiger partial charge in [0.1, 0.15) is 0 Å². The van der Waals surface area contributed by atoms with Crippen LogP contribution in [0.5, 0.6) is 0 Å². The number of aromatic nitrogens is 1. The summed E-state index contributed by atoms with van der Waals surface area (Å²) in [5, 5.41) is 1.27. The monoisotopic (exact) mass is 327 g/mol. The van der Waals surface area contributed by atoms with Gasteiger partial charge in [-0.2, -0.15) is 0 Å². The fraction of sp³-hybridized carbons (Fsp3) is 0.222. The van der Waals surface area contributed by atoms with Gasteiger partial charge in [0, 0.05) is 21.1 Å². The third-order valence-electron chi connectivity index (χ3n) is 3.64. The van der Waals surface area contributed by atoms with Crippen molar-refractivity contribution >= 4 is 26.8 Å². The summed E-state index contributed by atoms with van der Waals surface area (Å²) in [4.78, 5) is 3.49. The fourth-order valence-corrected chi connectivity index (χ4v) is 2.65. The van der Waals surface area contributed by atoms with E-state index in [2.05, 4.69) is 90.2 Å². The Morgan fingerprint density at radius 2 is 1.60 bits per heavy atom. The molecule has 3 rings (SSSR count). The first-order chi connectivity index (χ1) is 9.43. The predicted octanol–water partition coefficient (Wildman–Crippen LogP) is 5.89. The first-order valence-electron chi connectivity index (χ1n) is 6.83. The average molecular weight is 328 g/mol. The fourth-order valence-electron chi connectivity index (χ4n) is 2.38. The van der Waals surface area contributed by atoms with Crippen molar-refractivity contribution in [1.29, 1.82) is 0 Å². The molecule has 0 saturated carbocycles. The Morgan fingerprint density at radius 3 is 2.25 bits per heavy atom. The van der Waals surface area contributed by atoms with Crippen LogP contribution in [-0.2, 0) is 5.41 Å². The van der Waals surface area contributed by atoms with Crippen LogP contribution in [0.25, 0.3) is 22.2 Å². The van der Waals surface area contributed by atoms with Gasteiger partial charge in [-0.15, -0.1) is 0 Å². The summed E-state index contributed by atoms with van der Waals surface area (Å²) in [7, 11) is 0. The molecule has 0 saturated heterocycles. The van der Waals surface area contributed by atoms with Crippen molar-refractivity contribution in [2.24, 2.45) is 0 Å². The van der Waals surface area contributed by atoms with E-state index < -0.39 is 0 Å². The van der Waals surface area contributed by atoms with Crippen LogP contribution < -0.4 is 0 Å². The van der Waals surface area contributed by atoms with Gasteiger partial charge in [-0.25, -0.2) is 0 Å². The van der Waals surface area contributed by atoms with Crippen LogP contribution in [0.15, 0.2) is 53.0 Å². The maximum atomic E-state index is 3.49. The molecule has 1 aromatic heterocycles. The second kappa shape index (κ2) is 4.78. The quantitative estimate of drug-likeness (QED) is 0.573. The smallest absolute Gasteiger partial charge is 0.0464 e. The van der Waals surface area contributed by atoms with E-state index in [1.165, 1.54) is 27.7 Å². The van der Waals surface area contributed by atoms with Crippen molar-refractivity contribution in [2.45, 2.75) is 26.2 Å². The van der Waals surface area contributed by atoms with Gasteiger partial charge in [0.25, 0.3) is 0 Å². The molecule has 1 nitrogen and oxygen atoms in total. The molecule has 0 atom stereocenters. The number of nitrogens with one attached hydrogen (secondary N) is 1. The maximum absolute atomic E-state index is 3.49. The Kier molecular flexibility index (Phi) is 3.21. The molecule has 0 aliphatic heterocycles. The third-order valence-corrected chi connectivity index (χ3v) is 4.17. The molecule has 0 amide bonds. The van der Waals surface area contributed by atoms with Crippen molar-refractivity contribution in [3.8, 4) is 11.3 Å². The molecule has 20 heavy (non-hydrogen) atoms.